The summed E-state index contributed by atoms with van der Waals surface area (Å²) in [6.45, 7) is 6.20. The van der Waals surface area contributed by atoms with Crippen molar-refractivity contribution in [3.63, 3.8) is 0 Å². The zero-order valence-electron chi connectivity index (χ0n) is 14.2. The van der Waals surface area contributed by atoms with Crippen LogP contribution in [0.4, 0.5) is 10.5 Å². The van der Waals surface area contributed by atoms with E-state index >= 15 is 0 Å². The van der Waals surface area contributed by atoms with Crippen LogP contribution in [0.1, 0.15) is 49.3 Å². The molecule has 0 spiro atoms. The molecule has 1 saturated heterocycles. The normalized spacial score (nSPS) is 16.7. The molecule has 128 valence electrons. The van der Waals surface area contributed by atoms with Crippen molar-refractivity contribution in [1.29, 1.82) is 0 Å². The van der Waals surface area contributed by atoms with E-state index in [0.717, 1.165) is 23.7 Å². The first-order chi connectivity index (χ1) is 11.6. The standard InChI is InChI=1S/C18H24N4OS/c1-13(20-18(23)21-14(2)17-19-8-11-24-17)15-6-5-7-16(12-15)22-9-3-4-10-22/h5-8,11-14H,3-4,9-10H2,1-2H3,(H2,20,21,23)/t13-,14+/m1/s1. The maximum atomic E-state index is 12.2. The average molecular weight is 344 g/mol. The zero-order chi connectivity index (χ0) is 16.9. The van der Waals surface area contributed by atoms with Crippen LogP contribution in [0.25, 0.3) is 0 Å². The number of carbonyl (C=O) groups excluding carboxylic acids is 1. The lowest BCUT2D eigenvalue weighted by molar-refractivity contribution is 0.235. The number of rotatable bonds is 5. The molecule has 24 heavy (non-hydrogen) atoms. The van der Waals surface area contributed by atoms with E-state index in [1.54, 1.807) is 17.5 Å². The molecule has 2 atom stereocenters. The summed E-state index contributed by atoms with van der Waals surface area (Å²) < 4.78 is 0. The van der Waals surface area contributed by atoms with Crippen LogP contribution in [-0.2, 0) is 0 Å². The highest BCUT2D eigenvalue weighted by molar-refractivity contribution is 7.09. The third-order valence-electron chi connectivity index (χ3n) is 4.36. The largest absolute Gasteiger partial charge is 0.372 e. The summed E-state index contributed by atoms with van der Waals surface area (Å²) in [5.74, 6) is 0. The monoisotopic (exact) mass is 344 g/mol. The van der Waals surface area contributed by atoms with Crippen molar-refractivity contribution in [1.82, 2.24) is 15.6 Å². The third kappa shape index (κ3) is 4.06. The van der Waals surface area contributed by atoms with Gasteiger partial charge in [0.05, 0.1) is 12.1 Å². The molecule has 5 nitrogen and oxygen atoms in total. The Balaban J connectivity index is 1.58. The van der Waals surface area contributed by atoms with Crippen LogP contribution in [-0.4, -0.2) is 24.1 Å². The van der Waals surface area contributed by atoms with Crippen molar-refractivity contribution in [2.45, 2.75) is 38.8 Å². The molecule has 1 aromatic heterocycles. The van der Waals surface area contributed by atoms with E-state index in [2.05, 4.69) is 44.8 Å². The summed E-state index contributed by atoms with van der Waals surface area (Å²) in [7, 11) is 0. The van der Waals surface area contributed by atoms with Gasteiger partial charge in [0.2, 0.25) is 0 Å². The number of urea groups is 1. The Morgan fingerprint density at radius 2 is 1.96 bits per heavy atom. The Labute approximate surface area is 147 Å². The molecule has 0 radical (unpaired) electrons. The summed E-state index contributed by atoms with van der Waals surface area (Å²) in [4.78, 5) is 18.9. The predicted octanol–water partition coefficient (Wildman–Crippen LogP) is 3.86. The van der Waals surface area contributed by atoms with E-state index in [1.807, 2.05) is 19.2 Å². The molecule has 2 aromatic rings. The molecule has 0 aliphatic carbocycles. The van der Waals surface area contributed by atoms with Crippen LogP contribution in [0.3, 0.4) is 0 Å². The van der Waals surface area contributed by atoms with Crippen LogP contribution in [0.5, 0.6) is 0 Å². The number of nitrogens with one attached hydrogen (secondary N) is 2. The van der Waals surface area contributed by atoms with Crippen molar-refractivity contribution in [2.75, 3.05) is 18.0 Å². The van der Waals surface area contributed by atoms with Crippen molar-refractivity contribution >= 4 is 23.1 Å². The molecule has 6 heteroatoms. The van der Waals surface area contributed by atoms with E-state index < -0.39 is 0 Å². The Morgan fingerprint density at radius 3 is 2.67 bits per heavy atom. The number of anilines is 1. The summed E-state index contributed by atoms with van der Waals surface area (Å²) in [6.07, 6.45) is 4.27. The van der Waals surface area contributed by atoms with Crippen LogP contribution in [0, 0.1) is 0 Å². The Bertz CT molecular complexity index is 667. The van der Waals surface area contributed by atoms with Gasteiger partial charge < -0.3 is 15.5 Å². The van der Waals surface area contributed by atoms with Crippen molar-refractivity contribution < 1.29 is 4.79 Å². The number of amides is 2. The number of benzene rings is 1. The fraction of sp³-hybridized carbons (Fsp3) is 0.444. The number of carbonyl (C=O) groups is 1. The number of aromatic nitrogens is 1. The Kier molecular flexibility index (Phi) is 5.35. The topological polar surface area (TPSA) is 57.3 Å². The third-order valence-corrected chi connectivity index (χ3v) is 5.32. The summed E-state index contributed by atoms with van der Waals surface area (Å²) in [5, 5.41) is 8.78. The molecule has 0 bridgehead atoms. The summed E-state index contributed by atoms with van der Waals surface area (Å²) in [6, 6.07) is 8.15. The maximum absolute atomic E-state index is 12.2. The Morgan fingerprint density at radius 1 is 1.21 bits per heavy atom. The van der Waals surface area contributed by atoms with Crippen LogP contribution < -0.4 is 15.5 Å². The van der Waals surface area contributed by atoms with Gasteiger partial charge in [0, 0.05) is 30.4 Å². The second-order valence-corrected chi connectivity index (χ2v) is 7.15. The SMILES string of the molecule is C[C@H](NC(=O)N[C@H](C)c1cccc(N2CCCC2)c1)c1nccs1. The molecule has 1 fully saturated rings. The van der Waals surface area contributed by atoms with Gasteiger partial charge in [0.1, 0.15) is 5.01 Å². The second-order valence-electron chi connectivity index (χ2n) is 6.22. The molecule has 3 rings (SSSR count). The van der Waals surface area contributed by atoms with Gasteiger partial charge in [-0.25, -0.2) is 9.78 Å². The highest BCUT2D eigenvalue weighted by atomic mass is 32.1. The van der Waals surface area contributed by atoms with Gasteiger partial charge in [-0.05, 0) is 44.4 Å². The zero-order valence-corrected chi connectivity index (χ0v) is 15.0. The van der Waals surface area contributed by atoms with Gasteiger partial charge in [-0.2, -0.15) is 0 Å². The van der Waals surface area contributed by atoms with E-state index in [1.165, 1.54) is 18.5 Å². The van der Waals surface area contributed by atoms with Crippen LogP contribution in [0.15, 0.2) is 35.8 Å². The number of hydrogen-bond acceptors (Lipinski definition) is 4. The average Bonchev–Trinajstić information content (AvgIpc) is 3.28. The highest BCUT2D eigenvalue weighted by Gasteiger charge is 2.16. The van der Waals surface area contributed by atoms with Crippen molar-refractivity contribution in [3.05, 3.63) is 46.4 Å². The minimum Gasteiger partial charge on any atom is -0.372 e. The minimum atomic E-state index is -0.170. The van der Waals surface area contributed by atoms with Gasteiger partial charge in [0.25, 0.3) is 0 Å². The highest BCUT2D eigenvalue weighted by Crippen LogP contribution is 2.24. The fourth-order valence-electron chi connectivity index (χ4n) is 2.99. The lowest BCUT2D eigenvalue weighted by atomic mass is 10.1. The quantitative estimate of drug-likeness (QED) is 0.866. The molecule has 1 aliphatic heterocycles. The Hall–Kier alpha value is -2.08. The number of thiazole rings is 1. The molecule has 2 amide bonds. The molecule has 1 aliphatic rings. The molecular formula is C18H24N4OS. The lowest BCUT2D eigenvalue weighted by Crippen LogP contribution is -2.38. The van der Waals surface area contributed by atoms with Crippen LogP contribution >= 0.6 is 11.3 Å². The van der Waals surface area contributed by atoms with Crippen molar-refractivity contribution in [3.8, 4) is 0 Å². The first kappa shape index (κ1) is 16.8. The van der Waals surface area contributed by atoms with Gasteiger partial charge in [-0.3, -0.25) is 0 Å². The molecule has 0 saturated carbocycles. The van der Waals surface area contributed by atoms with Crippen molar-refractivity contribution in [2.24, 2.45) is 0 Å². The fourth-order valence-corrected chi connectivity index (χ4v) is 3.64. The molecule has 2 N–H and O–H groups in total. The maximum Gasteiger partial charge on any atom is 0.315 e. The van der Waals surface area contributed by atoms with E-state index in [9.17, 15) is 4.79 Å². The van der Waals surface area contributed by atoms with Crippen LogP contribution in [0.2, 0.25) is 0 Å². The van der Waals surface area contributed by atoms with E-state index in [4.69, 9.17) is 0 Å². The second kappa shape index (κ2) is 7.66. The van der Waals surface area contributed by atoms with Gasteiger partial charge in [-0.1, -0.05) is 12.1 Å². The van der Waals surface area contributed by atoms with E-state index in [-0.39, 0.29) is 18.1 Å². The van der Waals surface area contributed by atoms with Gasteiger partial charge in [-0.15, -0.1) is 11.3 Å². The first-order valence-electron chi connectivity index (χ1n) is 8.45. The first-order valence-corrected chi connectivity index (χ1v) is 9.33. The molecule has 2 heterocycles. The summed E-state index contributed by atoms with van der Waals surface area (Å²) in [5.41, 5.74) is 2.37. The van der Waals surface area contributed by atoms with Gasteiger partial charge >= 0.3 is 6.03 Å². The van der Waals surface area contributed by atoms with Gasteiger partial charge in [0.15, 0.2) is 0 Å². The molecular weight excluding hydrogens is 320 g/mol. The minimum absolute atomic E-state index is 0.0453. The number of nitrogens with zero attached hydrogens (tertiary/aromatic N) is 2. The lowest BCUT2D eigenvalue weighted by Gasteiger charge is -2.21. The smallest absolute Gasteiger partial charge is 0.315 e. The predicted molar refractivity (Wildman–Crippen MR) is 98.5 cm³/mol. The summed E-state index contributed by atoms with van der Waals surface area (Å²) >= 11 is 1.55. The van der Waals surface area contributed by atoms with E-state index in [0.29, 0.717) is 0 Å². The molecule has 1 aromatic carbocycles. The molecule has 0 unspecified atom stereocenters. The number of hydrogen-bond donors (Lipinski definition) is 2.